The molecule has 2 bridgehead atoms. The topological polar surface area (TPSA) is 49.8 Å². The van der Waals surface area contributed by atoms with E-state index in [2.05, 4.69) is 24.3 Å². The van der Waals surface area contributed by atoms with Crippen molar-refractivity contribution in [1.29, 1.82) is 0 Å². The lowest BCUT2D eigenvalue weighted by Gasteiger charge is -2.44. The first kappa shape index (κ1) is 21.4. The van der Waals surface area contributed by atoms with Crippen LogP contribution in [0.1, 0.15) is 53.9 Å². The van der Waals surface area contributed by atoms with Gasteiger partial charge in [-0.3, -0.25) is 0 Å². The fourth-order valence-electron chi connectivity index (χ4n) is 6.56. The fraction of sp³-hybridized carbons (Fsp3) is 0.345. The Morgan fingerprint density at radius 2 is 1.59 bits per heavy atom. The van der Waals surface area contributed by atoms with E-state index in [1.807, 2.05) is 36.1 Å². The van der Waals surface area contributed by atoms with E-state index in [9.17, 15) is 14.3 Å². The highest BCUT2D eigenvalue weighted by Gasteiger charge is 2.51. The number of hydrogen-bond acceptors (Lipinski definition) is 3. The Labute approximate surface area is 199 Å². The molecule has 2 saturated heterocycles. The molecule has 3 aromatic rings. The van der Waals surface area contributed by atoms with E-state index in [0.717, 1.165) is 24.0 Å². The normalized spacial score (nSPS) is 25.2. The van der Waals surface area contributed by atoms with Gasteiger partial charge in [0.1, 0.15) is 12.4 Å². The average molecular weight is 458 g/mol. The Hall–Kier alpha value is -3.18. The molecule has 5 heteroatoms. The van der Waals surface area contributed by atoms with Crippen LogP contribution >= 0.6 is 0 Å². The van der Waals surface area contributed by atoms with E-state index in [1.165, 1.54) is 34.4 Å². The van der Waals surface area contributed by atoms with Crippen LogP contribution in [-0.2, 0) is 10.3 Å². The maximum Gasteiger partial charge on any atom is 0.410 e. The number of halogens is 1. The fourth-order valence-corrected chi connectivity index (χ4v) is 6.56. The van der Waals surface area contributed by atoms with E-state index < -0.39 is 5.60 Å². The van der Waals surface area contributed by atoms with Gasteiger partial charge in [0.15, 0.2) is 0 Å². The van der Waals surface area contributed by atoms with Crippen molar-refractivity contribution >= 4 is 6.09 Å². The summed E-state index contributed by atoms with van der Waals surface area (Å²) in [5, 5.41) is 11.5. The molecule has 34 heavy (non-hydrogen) atoms. The lowest BCUT2D eigenvalue weighted by atomic mass is 9.79. The molecular formula is C29H28FNO3. The van der Waals surface area contributed by atoms with Crippen molar-refractivity contribution in [1.82, 2.24) is 4.90 Å². The number of aryl methyl sites for hydroxylation is 1. The molecule has 3 aliphatic rings. The van der Waals surface area contributed by atoms with Gasteiger partial charge < -0.3 is 14.7 Å². The first-order valence-electron chi connectivity index (χ1n) is 12.1. The van der Waals surface area contributed by atoms with Gasteiger partial charge in [-0.1, -0.05) is 54.6 Å². The summed E-state index contributed by atoms with van der Waals surface area (Å²) in [6.07, 6.45) is 2.28. The van der Waals surface area contributed by atoms with Crippen LogP contribution in [0.25, 0.3) is 11.1 Å². The average Bonchev–Trinajstić information content (AvgIpc) is 3.29. The highest BCUT2D eigenvalue weighted by atomic mass is 19.1. The minimum atomic E-state index is -1.05. The third-order valence-corrected chi connectivity index (χ3v) is 8.00. The molecule has 2 fully saturated rings. The van der Waals surface area contributed by atoms with Crippen molar-refractivity contribution in [2.75, 3.05) is 6.61 Å². The largest absolute Gasteiger partial charge is 0.448 e. The summed E-state index contributed by atoms with van der Waals surface area (Å²) in [6.45, 7) is 2.13. The molecule has 2 heterocycles. The Balaban J connectivity index is 1.19. The molecule has 1 N–H and O–H groups in total. The van der Waals surface area contributed by atoms with Gasteiger partial charge in [0, 0.05) is 30.8 Å². The standard InChI is InChI=1S/C29H28FNO3/c1-18-14-19(30)10-13-27(18)29(33)15-20-11-12-21(16-29)31(20)28(32)34-17-26-24-8-4-2-6-22(24)23-7-3-5-9-25(23)26/h2-10,13-14,20-21,26,33H,11-12,15-17H2,1H3. The second-order valence-electron chi connectivity index (χ2n) is 10.00. The Morgan fingerprint density at radius 3 is 2.18 bits per heavy atom. The van der Waals surface area contributed by atoms with Crippen LogP contribution in [0, 0.1) is 12.7 Å². The number of rotatable bonds is 3. The quantitative estimate of drug-likeness (QED) is 0.533. The molecule has 0 saturated carbocycles. The van der Waals surface area contributed by atoms with Gasteiger partial charge in [-0.05, 0) is 65.3 Å². The Bertz CT molecular complexity index is 1210. The first-order valence-corrected chi connectivity index (χ1v) is 12.1. The van der Waals surface area contributed by atoms with Crippen molar-refractivity contribution in [3.05, 3.63) is 94.8 Å². The number of benzene rings is 3. The number of amides is 1. The third-order valence-electron chi connectivity index (χ3n) is 8.00. The van der Waals surface area contributed by atoms with E-state index in [0.29, 0.717) is 19.4 Å². The summed E-state index contributed by atoms with van der Waals surface area (Å²) in [5.41, 5.74) is 5.26. The van der Waals surface area contributed by atoms with Crippen LogP contribution in [0.2, 0.25) is 0 Å². The highest BCUT2D eigenvalue weighted by molar-refractivity contribution is 5.79. The first-order chi connectivity index (χ1) is 16.4. The highest BCUT2D eigenvalue weighted by Crippen LogP contribution is 2.48. The van der Waals surface area contributed by atoms with E-state index in [-0.39, 0.29) is 29.9 Å². The maximum absolute atomic E-state index is 13.6. The zero-order chi connectivity index (χ0) is 23.4. The molecule has 0 radical (unpaired) electrons. The van der Waals surface area contributed by atoms with Crippen LogP contribution in [-0.4, -0.2) is 34.8 Å². The molecule has 3 aromatic carbocycles. The Morgan fingerprint density at radius 1 is 1.00 bits per heavy atom. The zero-order valence-electron chi connectivity index (χ0n) is 19.2. The smallest absolute Gasteiger partial charge is 0.410 e. The monoisotopic (exact) mass is 457 g/mol. The summed E-state index contributed by atoms with van der Waals surface area (Å²) in [7, 11) is 0. The van der Waals surface area contributed by atoms with Crippen molar-refractivity contribution in [3.8, 4) is 11.1 Å². The molecule has 6 rings (SSSR count). The SMILES string of the molecule is Cc1cc(F)ccc1C1(O)CC2CCC(C1)N2C(=O)OCC1c2ccccc2-c2ccccc21. The molecular weight excluding hydrogens is 429 g/mol. The lowest BCUT2D eigenvalue weighted by Crippen LogP contribution is -2.52. The molecule has 2 atom stereocenters. The number of aliphatic hydroxyl groups is 1. The summed E-state index contributed by atoms with van der Waals surface area (Å²) in [4.78, 5) is 15.1. The summed E-state index contributed by atoms with van der Waals surface area (Å²) < 4.78 is 19.5. The van der Waals surface area contributed by atoms with Gasteiger partial charge >= 0.3 is 6.09 Å². The number of nitrogens with zero attached hydrogens (tertiary/aromatic N) is 1. The zero-order valence-corrected chi connectivity index (χ0v) is 19.2. The molecule has 2 aliphatic heterocycles. The van der Waals surface area contributed by atoms with Crippen LogP contribution in [0.4, 0.5) is 9.18 Å². The van der Waals surface area contributed by atoms with Crippen LogP contribution < -0.4 is 0 Å². The van der Waals surface area contributed by atoms with Gasteiger partial charge in [0.2, 0.25) is 0 Å². The summed E-state index contributed by atoms with van der Waals surface area (Å²) in [6, 6.07) is 21.0. The van der Waals surface area contributed by atoms with Crippen LogP contribution in [0.5, 0.6) is 0 Å². The number of piperidine rings is 1. The molecule has 2 unspecified atom stereocenters. The number of carbonyl (C=O) groups excluding carboxylic acids is 1. The van der Waals surface area contributed by atoms with Crippen LogP contribution in [0.3, 0.4) is 0 Å². The van der Waals surface area contributed by atoms with Crippen molar-refractivity contribution in [2.45, 2.75) is 56.2 Å². The molecule has 1 amide bonds. The minimum Gasteiger partial charge on any atom is -0.448 e. The maximum atomic E-state index is 13.6. The van der Waals surface area contributed by atoms with Gasteiger partial charge in [0.25, 0.3) is 0 Å². The van der Waals surface area contributed by atoms with Crippen molar-refractivity contribution in [2.24, 2.45) is 0 Å². The summed E-state index contributed by atoms with van der Waals surface area (Å²) in [5.74, 6) is -0.276. The number of fused-ring (bicyclic) bond motifs is 5. The van der Waals surface area contributed by atoms with Gasteiger partial charge in [0.05, 0.1) is 5.60 Å². The van der Waals surface area contributed by atoms with Gasteiger partial charge in [-0.15, -0.1) is 0 Å². The number of ether oxygens (including phenoxy) is 1. The van der Waals surface area contributed by atoms with E-state index in [1.54, 1.807) is 6.07 Å². The lowest BCUT2D eigenvalue weighted by molar-refractivity contribution is -0.0535. The third kappa shape index (κ3) is 3.33. The summed E-state index contributed by atoms with van der Waals surface area (Å²) >= 11 is 0. The predicted octanol–water partition coefficient (Wildman–Crippen LogP) is 5.90. The van der Waals surface area contributed by atoms with Crippen LogP contribution in [0.15, 0.2) is 66.7 Å². The molecule has 4 nitrogen and oxygen atoms in total. The van der Waals surface area contributed by atoms with E-state index in [4.69, 9.17) is 4.74 Å². The Kier molecular flexibility index (Phi) is 4.99. The molecule has 1 aliphatic carbocycles. The number of carbonyl (C=O) groups is 1. The second-order valence-corrected chi connectivity index (χ2v) is 10.00. The van der Waals surface area contributed by atoms with Gasteiger partial charge in [-0.2, -0.15) is 0 Å². The van der Waals surface area contributed by atoms with Crippen molar-refractivity contribution < 1.29 is 19.0 Å². The molecule has 0 spiro atoms. The molecule has 174 valence electrons. The minimum absolute atomic E-state index is 0.0255. The second kappa shape index (κ2) is 7.95. The predicted molar refractivity (Wildman–Crippen MR) is 128 cm³/mol. The molecule has 0 aromatic heterocycles. The van der Waals surface area contributed by atoms with Gasteiger partial charge in [-0.25, -0.2) is 9.18 Å². The number of hydrogen-bond donors (Lipinski definition) is 1. The van der Waals surface area contributed by atoms with E-state index >= 15 is 0 Å². The van der Waals surface area contributed by atoms with Crippen molar-refractivity contribution in [3.63, 3.8) is 0 Å².